The summed E-state index contributed by atoms with van der Waals surface area (Å²) in [5.74, 6) is 0.958. The molecule has 0 saturated heterocycles. The third-order valence-corrected chi connectivity index (χ3v) is 3.27. The lowest BCUT2D eigenvalue weighted by atomic mass is 9.90. The minimum absolute atomic E-state index is 0.573. The maximum Gasteiger partial charge on any atom is -0.00622 e. The average Bonchev–Trinajstić information content (AvgIpc) is 2.65. The predicted octanol–water partition coefficient (Wildman–Crippen LogP) is 3.78. The summed E-state index contributed by atoms with van der Waals surface area (Å²) in [7, 11) is 0. The van der Waals surface area contributed by atoms with Gasteiger partial charge in [-0.2, -0.15) is 0 Å². The molecule has 0 N–H and O–H groups in total. The molecular weight excluding hydrogens is 132 g/mol. The van der Waals surface area contributed by atoms with E-state index >= 15 is 0 Å². The summed E-state index contributed by atoms with van der Waals surface area (Å²) in [6.45, 7) is 10.9. The lowest BCUT2D eigenvalue weighted by Crippen LogP contribution is -2.04. The minimum Gasteiger partial charge on any atom is -0.0996 e. The van der Waals surface area contributed by atoms with Crippen LogP contribution in [-0.2, 0) is 0 Å². The van der Waals surface area contributed by atoms with E-state index in [4.69, 9.17) is 0 Å². The van der Waals surface area contributed by atoms with Gasteiger partial charge in [0, 0.05) is 0 Å². The highest BCUT2D eigenvalue weighted by Gasteiger charge is 2.51. The van der Waals surface area contributed by atoms with Crippen LogP contribution in [0, 0.1) is 11.3 Å². The summed E-state index contributed by atoms with van der Waals surface area (Å²) >= 11 is 0. The zero-order valence-corrected chi connectivity index (χ0v) is 8.11. The molecule has 0 radical (unpaired) electrons. The van der Waals surface area contributed by atoms with Crippen LogP contribution in [0.5, 0.6) is 0 Å². The van der Waals surface area contributed by atoms with Crippen LogP contribution in [0.3, 0.4) is 0 Å². The monoisotopic (exact) mass is 152 g/mol. The van der Waals surface area contributed by atoms with Gasteiger partial charge in [-0.25, -0.2) is 0 Å². The Hall–Kier alpha value is -0.260. The Labute approximate surface area is 70.7 Å². The van der Waals surface area contributed by atoms with E-state index in [1.807, 2.05) is 0 Å². The highest BCUT2D eigenvalue weighted by molar-refractivity contribution is 5.20. The summed E-state index contributed by atoms with van der Waals surface area (Å²) in [5, 5.41) is 0. The van der Waals surface area contributed by atoms with Crippen LogP contribution < -0.4 is 0 Å². The Bertz CT molecular complexity index is 157. The second kappa shape index (κ2) is 3.00. The van der Waals surface area contributed by atoms with Crippen molar-refractivity contribution in [3.8, 4) is 0 Å². The second-order valence-electron chi connectivity index (χ2n) is 4.00. The van der Waals surface area contributed by atoms with Crippen LogP contribution in [0.2, 0.25) is 0 Å². The first-order valence-corrected chi connectivity index (χ1v) is 4.83. The van der Waals surface area contributed by atoms with E-state index in [2.05, 4.69) is 27.4 Å². The third kappa shape index (κ3) is 1.36. The zero-order chi connectivity index (χ0) is 8.48. The van der Waals surface area contributed by atoms with Crippen molar-refractivity contribution in [2.45, 2.75) is 46.5 Å². The molecule has 0 heterocycles. The second-order valence-corrected chi connectivity index (χ2v) is 4.00. The molecule has 1 aliphatic rings. The van der Waals surface area contributed by atoms with Gasteiger partial charge in [-0.15, -0.1) is 0 Å². The van der Waals surface area contributed by atoms with Gasteiger partial charge in [-0.1, -0.05) is 38.8 Å². The molecular formula is C11H20. The molecule has 0 nitrogen and oxygen atoms in total. The average molecular weight is 152 g/mol. The lowest BCUT2D eigenvalue weighted by Gasteiger charge is -2.15. The van der Waals surface area contributed by atoms with Crippen molar-refractivity contribution in [1.82, 2.24) is 0 Å². The summed E-state index contributed by atoms with van der Waals surface area (Å²) in [6.07, 6.45) is 5.42. The predicted molar refractivity (Wildman–Crippen MR) is 50.6 cm³/mol. The first-order valence-electron chi connectivity index (χ1n) is 4.83. The molecule has 2 unspecified atom stereocenters. The number of hydrogen-bond donors (Lipinski definition) is 0. The smallest absolute Gasteiger partial charge is 0.00622 e. The fourth-order valence-corrected chi connectivity index (χ4v) is 2.40. The van der Waals surface area contributed by atoms with E-state index in [-0.39, 0.29) is 0 Å². The van der Waals surface area contributed by atoms with Gasteiger partial charge in [0.2, 0.25) is 0 Å². The van der Waals surface area contributed by atoms with Crippen LogP contribution in [0.1, 0.15) is 46.5 Å². The zero-order valence-electron chi connectivity index (χ0n) is 8.11. The van der Waals surface area contributed by atoms with Crippen molar-refractivity contribution >= 4 is 0 Å². The normalized spacial score (nSPS) is 35.4. The van der Waals surface area contributed by atoms with Gasteiger partial charge < -0.3 is 0 Å². The summed E-state index contributed by atoms with van der Waals surface area (Å²) in [6, 6.07) is 0. The molecule has 0 bridgehead atoms. The first-order chi connectivity index (χ1) is 5.17. The van der Waals surface area contributed by atoms with E-state index in [0.717, 1.165) is 5.92 Å². The molecule has 0 aliphatic heterocycles. The maximum absolute atomic E-state index is 4.11. The fourth-order valence-electron chi connectivity index (χ4n) is 2.40. The van der Waals surface area contributed by atoms with Crippen molar-refractivity contribution in [2.75, 3.05) is 0 Å². The van der Waals surface area contributed by atoms with Crippen LogP contribution >= 0.6 is 0 Å². The summed E-state index contributed by atoms with van der Waals surface area (Å²) < 4.78 is 0. The van der Waals surface area contributed by atoms with Crippen molar-refractivity contribution in [3.63, 3.8) is 0 Å². The van der Waals surface area contributed by atoms with Crippen molar-refractivity contribution < 1.29 is 0 Å². The van der Waals surface area contributed by atoms with Gasteiger partial charge in [-0.3, -0.25) is 0 Å². The van der Waals surface area contributed by atoms with Crippen molar-refractivity contribution in [2.24, 2.45) is 11.3 Å². The van der Waals surface area contributed by atoms with E-state index < -0.39 is 0 Å². The first kappa shape index (κ1) is 8.83. The van der Waals surface area contributed by atoms with Crippen LogP contribution in [0.25, 0.3) is 0 Å². The van der Waals surface area contributed by atoms with Crippen LogP contribution in [0.4, 0.5) is 0 Å². The quantitative estimate of drug-likeness (QED) is 0.538. The van der Waals surface area contributed by atoms with Crippen LogP contribution in [0.15, 0.2) is 12.2 Å². The highest BCUT2D eigenvalue weighted by Crippen LogP contribution is 2.61. The summed E-state index contributed by atoms with van der Waals surface area (Å²) in [5.41, 5.74) is 2.00. The van der Waals surface area contributed by atoms with Crippen molar-refractivity contribution in [3.05, 3.63) is 12.2 Å². The molecule has 0 aromatic carbocycles. The molecule has 1 saturated carbocycles. The standard InChI is InChI=1S/C11H20/c1-5-7-11(9(3)4)8-10(11)6-2/h10H,3,5-8H2,1-2,4H3. The molecule has 0 heteroatoms. The topological polar surface area (TPSA) is 0 Å². The van der Waals surface area contributed by atoms with Gasteiger partial charge in [0.1, 0.15) is 0 Å². The molecule has 0 aromatic rings. The Morgan fingerprint density at radius 3 is 2.45 bits per heavy atom. The number of allylic oxidation sites excluding steroid dienone is 1. The highest BCUT2D eigenvalue weighted by atomic mass is 14.6. The molecule has 2 atom stereocenters. The molecule has 1 rings (SSSR count). The third-order valence-electron chi connectivity index (χ3n) is 3.27. The lowest BCUT2D eigenvalue weighted by molar-refractivity contribution is 0.477. The molecule has 64 valence electrons. The molecule has 11 heavy (non-hydrogen) atoms. The molecule has 1 aliphatic carbocycles. The van der Waals surface area contributed by atoms with Gasteiger partial charge in [0.05, 0.1) is 0 Å². The van der Waals surface area contributed by atoms with Crippen molar-refractivity contribution in [1.29, 1.82) is 0 Å². The van der Waals surface area contributed by atoms with E-state index in [0.29, 0.717) is 5.41 Å². The summed E-state index contributed by atoms with van der Waals surface area (Å²) in [4.78, 5) is 0. The molecule has 1 fully saturated rings. The Balaban J connectivity index is 2.55. The van der Waals surface area contributed by atoms with Crippen LogP contribution in [-0.4, -0.2) is 0 Å². The van der Waals surface area contributed by atoms with E-state index in [9.17, 15) is 0 Å². The largest absolute Gasteiger partial charge is 0.0996 e. The van der Waals surface area contributed by atoms with Gasteiger partial charge in [0.15, 0.2) is 0 Å². The van der Waals surface area contributed by atoms with Gasteiger partial charge in [0.25, 0.3) is 0 Å². The molecule has 0 amide bonds. The Kier molecular flexibility index (Phi) is 2.41. The van der Waals surface area contributed by atoms with Gasteiger partial charge >= 0.3 is 0 Å². The SMILES string of the molecule is C=C(C)C1(CCC)CC1CC. The van der Waals surface area contributed by atoms with E-state index in [1.54, 1.807) is 0 Å². The molecule has 0 aromatic heterocycles. The Morgan fingerprint density at radius 2 is 2.18 bits per heavy atom. The van der Waals surface area contributed by atoms with Gasteiger partial charge in [-0.05, 0) is 31.1 Å². The minimum atomic E-state index is 0.573. The fraction of sp³-hybridized carbons (Fsp3) is 0.818. The molecule has 0 spiro atoms. The van der Waals surface area contributed by atoms with E-state index in [1.165, 1.54) is 31.3 Å². The maximum atomic E-state index is 4.11. The number of rotatable bonds is 4. The number of hydrogen-bond acceptors (Lipinski definition) is 0. The Morgan fingerprint density at radius 1 is 1.55 bits per heavy atom.